The number of halogens is 1. The zero-order valence-electron chi connectivity index (χ0n) is 21.8. The van der Waals surface area contributed by atoms with Crippen LogP contribution >= 0.6 is 0 Å². The number of para-hydroxylation sites is 2. The normalized spacial score (nSPS) is 20.4. The van der Waals surface area contributed by atoms with E-state index < -0.39 is 14.7 Å². The number of methoxy groups -OCH3 is 1. The van der Waals surface area contributed by atoms with Crippen molar-refractivity contribution in [1.29, 1.82) is 0 Å². The molecule has 7 heteroatoms. The molecule has 0 radical (unpaired) electrons. The second-order valence-electron chi connectivity index (χ2n) is 10.4. The van der Waals surface area contributed by atoms with E-state index in [-0.39, 0.29) is 42.3 Å². The van der Waals surface area contributed by atoms with Crippen LogP contribution in [0.15, 0.2) is 42.5 Å². The Balaban J connectivity index is 1.39. The van der Waals surface area contributed by atoms with Gasteiger partial charge in [-0.05, 0) is 0 Å². The third-order valence-corrected chi connectivity index (χ3v) is 11.7. The first kappa shape index (κ1) is 26.9. The molecule has 4 rings (SSSR count). The molecule has 1 heterocycles. The summed E-state index contributed by atoms with van der Waals surface area (Å²) in [7, 11) is 1.51. The number of carbonyl (C=O) groups excluding carboxylic acids is 1. The molecule has 3 aromatic rings. The van der Waals surface area contributed by atoms with Crippen molar-refractivity contribution in [2.24, 2.45) is 11.8 Å². The van der Waals surface area contributed by atoms with Crippen LogP contribution in [0.4, 0.5) is 4.39 Å². The topological polar surface area (TPSA) is 64.2 Å². The first-order valence-electron chi connectivity index (χ1n) is 12.9. The fraction of sp³-hybridized carbons (Fsp3) is 0.517. The minimum atomic E-state index is -1.02. The SMILES string of the molecule is COCC(=O)OC1C(CC[As](C)CCCc2nc3ccccc3[nH]2)Cc2cc(F)ccc2C1C(C)C. The summed E-state index contributed by atoms with van der Waals surface area (Å²) in [5.41, 5.74) is 6.75. The second-order valence-corrected chi connectivity index (χ2v) is 15.8. The number of nitrogens with zero attached hydrogens (tertiary/aromatic N) is 1. The average molecular weight is 557 g/mol. The van der Waals surface area contributed by atoms with Gasteiger partial charge in [-0.1, -0.05) is 0 Å². The van der Waals surface area contributed by atoms with Crippen molar-refractivity contribution < 1.29 is 18.7 Å². The van der Waals surface area contributed by atoms with Crippen LogP contribution < -0.4 is 0 Å². The maximum absolute atomic E-state index is 14.1. The van der Waals surface area contributed by atoms with E-state index in [2.05, 4.69) is 30.6 Å². The van der Waals surface area contributed by atoms with Crippen LogP contribution in [0.3, 0.4) is 0 Å². The quantitative estimate of drug-likeness (QED) is 0.222. The molecule has 1 aromatic heterocycles. The van der Waals surface area contributed by atoms with E-state index in [1.54, 1.807) is 6.07 Å². The van der Waals surface area contributed by atoms with Gasteiger partial charge in [0.1, 0.15) is 0 Å². The summed E-state index contributed by atoms with van der Waals surface area (Å²) in [6, 6.07) is 13.3. The van der Waals surface area contributed by atoms with Gasteiger partial charge in [0.05, 0.1) is 0 Å². The summed E-state index contributed by atoms with van der Waals surface area (Å²) < 4.78 is 25.2. The number of hydrogen-bond donors (Lipinski definition) is 1. The zero-order valence-corrected chi connectivity index (χ0v) is 23.7. The number of esters is 1. The summed E-state index contributed by atoms with van der Waals surface area (Å²) in [4.78, 5) is 20.6. The molecule has 5 nitrogen and oxygen atoms in total. The maximum atomic E-state index is 14.1. The molecule has 0 spiro atoms. The van der Waals surface area contributed by atoms with Gasteiger partial charge in [0.15, 0.2) is 0 Å². The van der Waals surface area contributed by atoms with Crippen LogP contribution in [0, 0.1) is 17.7 Å². The molecule has 4 unspecified atom stereocenters. The first-order chi connectivity index (χ1) is 17.4. The first-order valence-corrected chi connectivity index (χ1v) is 17.5. The van der Waals surface area contributed by atoms with Crippen LogP contribution in [0.5, 0.6) is 0 Å². The molecular formula is C29H38AsFN2O3. The number of H-pyrrole nitrogens is 1. The Labute approximate surface area is 218 Å². The van der Waals surface area contributed by atoms with Crippen LogP contribution in [0.25, 0.3) is 11.0 Å². The van der Waals surface area contributed by atoms with Crippen molar-refractivity contribution in [1.82, 2.24) is 9.97 Å². The van der Waals surface area contributed by atoms with Crippen molar-refractivity contribution in [3.63, 3.8) is 0 Å². The van der Waals surface area contributed by atoms with Crippen LogP contribution in [0.1, 0.15) is 49.6 Å². The summed E-state index contributed by atoms with van der Waals surface area (Å²) in [6.45, 7) is 4.28. The molecular weight excluding hydrogens is 518 g/mol. The Morgan fingerprint density at radius 3 is 2.78 bits per heavy atom. The summed E-state index contributed by atoms with van der Waals surface area (Å²) in [6.07, 6.45) is 3.66. The molecule has 194 valence electrons. The predicted octanol–water partition coefficient (Wildman–Crippen LogP) is 6.32. The Hall–Kier alpha value is -2.17. The average Bonchev–Trinajstić information content (AvgIpc) is 3.25. The van der Waals surface area contributed by atoms with E-state index in [4.69, 9.17) is 14.5 Å². The van der Waals surface area contributed by atoms with Gasteiger partial charge in [0, 0.05) is 0 Å². The molecule has 1 N–H and O–H groups in total. The Bertz CT molecular complexity index is 1130. The van der Waals surface area contributed by atoms with Gasteiger partial charge >= 0.3 is 219 Å². The van der Waals surface area contributed by atoms with Crippen molar-refractivity contribution >= 4 is 31.7 Å². The molecule has 1 aliphatic rings. The van der Waals surface area contributed by atoms with E-state index in [9.17, 15) is 9.18 Å². The number of rotatable bonds is 11. The van der Waals surface area contributed by atoms with E-state index in [1.165, 1.54) is 23.6 Å². The van der Waals surface area contributed by atoms with Gasteiger partial charge in [-0.15, -0.1) is 0 Å². The number of aromatic amines is 1. The van der Waals surface area contributed by atoms with Gasteiger partial charge in [0.2, 0.25) is 0 Å². The van der Waals surface area contributed by atoms with Crippen molar-refractivity contribution in [2.75, 3.05) is 13.7 Å². The van der Waals surface area contributed by atoms with Gasteiger partial charge in [0.25, 0.3) is 0 Å². The number of imidazole rings is 1. The van der Waals surface area contributed by atoms with Gasteiger partial charge in [-0.25, -0.2) is 0 Å². The zero-order chi connectivity index (χ0) is 25.7. The Morgan fingerprint density at radius 2 is 2.03 bits per heavy atom. The third kappa shape index (κ3) is 6.57. The number of carbonyl (C=O) groups is 1. The monoisotopic (exact) mass is 556 g/mol. The summed E-state index contributed by atoms with van der Waals surface area (Å²) in [5.74, 6) is 1.08. The van der Waals surface area contributed by atoms with Crippen LogP contribution in [-0.2, 0) is 27.1 Å². The predicted molar refractivity (Wildman–Crippen MR) is 143 cm³/mol. The van der Waals surface area contributed by atoms with E-state index in [0.717, 1.165) is 53.7 Å². The fourth-order valence-electron chi connectivity index (χ4n) is 5.56. The van der Waals surface area contributed by atoms with Crippen molar-refractivity contribution in [3.8, 4) is 0 Å². The minimum absolute atomic E-state index is 0.0440. The van der Waals surface area contributed by atoms with E-state index in [0.29, 0.717) is 0 Å². The van der Waals surface area contributed by atoms with Gasteiger partial charge in [-0.2, -0.15) is 0 Å². The van der Waals surface area contributed by atoms with Gasteiger partial charge in [-0.3, -0.25) is 0 Å². The number of benzene rings is 2. The number of aryl methyl sites for hydroxylation is 1. The van der Waals surface area contributed by atoms with Crippen LogP contribution in [-0.4, -0.2) is 50.4 Å². The van der Waals surface area contributed by atoms with Crippen molar-refractivity contribution in [2.45, 2.75) is 67.7 Å². The molecule has 0 aliphatic heterocycles. The number of hydrogen-bond acceptors (Lipinski definition) is 4. The van der Waals surface area contributed by atoms with E-state index >= 15 is 0 Å². The van der Waals surface area contributed by atoms with E-state index in [1.807, 2.05) is 24.3 Å². The molecule has 2 aromatic carbocycles. The second kappa shape index (κ2) is 12.4. The molecule has 0 fully saturated rings. The van der Waals surface area contributed by atoms with Crippen molar-refractivity contribution in [3.05, 3.63) is 65.2 Å². The van der Waals surface area contributed by atoms with Gasteiger partial charge < -0.3 is 0 Å². The summed E-state index contributed by atoms with van der Waals surface area (Å²) in [5, 5.41) is 2.44. The molecule has 0 saturated heterocycles. The molecule has 4 atom stereocenters. The third-order valence-electron chi connectivity index (χ3n) is 7.29. The standard InChI is InChI=1S/C29H38AsFN2O3/c1-19(2)28-23-12-11-22(31)17-21(23)16-20(29(28)36-27(34)18-35-4)13-15-30(3)14-7-10-26-32-24-8-5-6-9-25(24)33-26/h5-6,8-9,11-12,17,19-20,28-29H,7,10,13-16,18H2,1-4H3,(H,32,33). The summed E-state index contributed by atoms with van der Waals surface area (Å²) >= 11 is -1.02. The number of fused-ring (bicyclic) bond motifs is 2. The number of nitrogens with one attached hydrogen (secondary N) is 1. The van der Waals surface area contributed by atoms with Crippen LogP contribution in [0.2, 0.25) is 16.1 Å². The fourth-order valence-corrected chi connectivity index (χ4v) is 9.12. The number of ether oxygens (including phenoxy) is 2. The Morgan fingerprint density at radius 1 is 1.22 bits per heavy atom. The molecule has 36 heavy (non-hydrogen) atoms. The molecule has 0 saturated carbocycles. The molecule has 1 aliphatic carbocycles. The molecule has 0 bridgehead atoms. The molecule has 0 amide bonds. The Kier molecular flexibility index (Phi) is 9.24. The number of aromatic nitrogens is 2.